The molecule has 4 rings (SSSR count). The number of benzene rings is 1. The van der Waals surface area contributed by atoms with Crippen molar-refractivity contribution >= 4 is 5.91 Å². The van der Waals surface area contributed by atoms with E-state index in [2.05, 4.69) is 14.8 Å². The summed E-state index contributed by atoms with van der Waals surface area (Å²) in [5.41, 5.74) is 0.445. The van der Waals surface area contributed by atoms with Gasteiger partial charge in [-0.3, -0.25) is 4.79 Å². The third-order valence-corrected chi connectivity index (χ3v) is 5.57. The predicted octanol–water partition coefficient (Wildman–Crippen LogP) is 4.16. The summed E-state index contributed by atoms with van der Waals surface area (Å²) in [5, 5.41) is 0. The minimum absolute atomic E-state index is 0.107. The van der Waals surface area contributed by atoms with Crippen LogP contribution in [0.2, 0.25) is 0 Å². The Morgan fingerprint density at radius 3 is 2.36 bits per heavy atom. The van der Waals surface area contributed by atoms with Crippen molar-refractivity contribution in [1.82, 2.24) is 14.8 Å². The molecule has 150 valence electrons. The number of aromatic nitrogens is 1. The van der Waals surface area contributed by atoms with Gasteiger partial charge in [-0.15, -0.1) is 0 Å². The Balaban J connectivity index is 1.43. The first-order chi connectivity index (χ1) is 13.4. The molecular weight excluding hydrogens is 357 g/mol. The molecule has 28 heavy (non-hydrogen) atoms. The Morgan fingerprint density at radius 1 is 1.18 bits per heavy atom. The molecule has 2 heterocycles. The van der Waals surface area contributed by atoms with Crippen molar-refractivity contribution in [1.29, 1.82) is 0 Å². The number of hydrogen-bond donors (Lipinski definition) is 0. The van der Waals surface area contributed by atoms with E-state index in [-0.39, 0.29) is 11.9 Å². The fourth-order valence-electron chi connectivity index (χ4n) is 4.15. The van der Waals surface area contributed by atoms with Gasteiger partial charge in [-0.25, -0.2) is 9.37 Å². The molecule has 2 aliphatic rings. The maximum Gasteiger partial charge on any atom is 0.254 e. The number of hydrogen-bond acceptors (Lipinski definition) is 4. The van der Waals surface area contributed by atoms with E-state index in [0.29, 0.717) is 23.9 Å². The average molecular weight is 385 g/mol. The zero-order valence-corrected chi connectivity index (χ0v) is 16.6. The van der Waals surface area contributed by atoms with Gasteiger partial charge in [-0.1, -0.05) is 12.1 Å². The minimum Gasteiger partial charge on any atom is -0.444 e. The van der Waals surface area contributed by atoms with Gasteiger partial charge in [0.1, 0.15) is 5.67 Å². The number of nitrogens with zero attached hydrogens (tertiary/aromatic N) is 3. The second-order valence-corrected chi connectivity index (χ2v) is 8.61. The number of alkyl halides is 1. The van der Waals surface area contributed by atoms with Gasteiger partial charge >= 0.3 is 0 Å². The minimum atomic E-state index is -1.18. The predicted molar refractivity (Wildman–Crippen MR) is 106 cm³/mol. The van der Waals surface area contributed by atoms with E-state index in [4.69, 9.17) is 4.42 Å². The number of amides is 1. The lowest BCUT2D eigenvalue weighted by atomic mass is 9.99. The zero-order chi connectivity index (χ0) is 19.7. The van der Waals surface area contributed by atoms with Crippen molar-refractivity contribution in [3.05, 3.63) is 42.4 Å². The van der Waals surface area contributed by atoms with Crippen LogP contribution in [0.5, 0.6) is 0 Å². The van der Waals surface area contributed by atoms with Gasteiger partial charge in [-0.05, 0) is 51.7 Å². The molecule has 0 N–H and O–H groups in total. The Kier molecular flexibility index (Phi) is 5.23. The second kappa shape index (κ2) is 7.66. The number of halogens is 1. The summed E-state index contributed by atoms with van der Waals surface area (Å²) in [5.74, 6) is 0.803. The number of oxazole rings is 1. The summed E-state index contributed by atoms with van der Waals surface area (Å²) in [4.78, 5) is 21.5. The lowest BCUT2D eigenvalue weighted by Gasteiger charge is -2.40. The first-order valence-electron chi connectivity index (χ1n) is 10.1. The molecule has 1 aliphatic carbocycles. The van der Waals surface area contributed by atoms with Crippen molar-refractivity contribution < 1.29 is 13.6 Å². The summed E-state index contributed by atoms with van der Waals surface area (Å²) in [6.45, 7) is 5.40. The topological polar surface area (TPSA) is 49.6 Å². The maximum atomic E-state index is 13.9. The molecule has 1 amide bonds. The standard InChI is InChI=1S/C22H28FN3O2/c1-22(2,23)14-25-11-9-19(10-12-25)26(18-7-8-18)21(27)17-5-3-16(4-6-17)20-13-24-15-28-20/h3-6,13,15,18-19H,7-12,14H2,1-2H3. The first kappa shape index (κ1) is 19.1. The monoisotopic (exact) mass is 385 g/mol. The molecule has 6 heteroatoms. The van der Waals surface area contributed by atoms with Crippen LogP contribution >= 0.6 is 0 Å². The van der Waals surface area contributed by atoms with Crippen molar-refractivity contribution in [3.8, 4) is 11.3 Å². The van der Waals surface area contributed by atoms with Gasteiger partial charge in [0.2, 0.25) is 0 Å². The smallest absolute Gasteiger partial charge is 0.254 e. The SMILES string of the molecule is CC(C)(F)CN1CCC(N(C(=O)c2ccc(-c3cnco3)cc2)C2CC2)CC1. The summed E-state index contributed by atoms with van der Waals surface area (Å²) < 4.78 is 19.3. The summed E-state index contributed by atoms with van der Waals surface area (Å²) in [6, 6.07) is 8.16. The first-order valence-corrected chi connectivity index (χ1v) is 10.1. The normalized spacial score (nSPS) is 19.0. The van der Waals surface area contributed by atoms with Crippen LogP contribution in [-0.2, 0) is 0 Å². The van der Waals surface area contributed by atoms with E-state index < -0.39 is 5.67 Å². The molecule has 2 fully saturated rings. The third kappa shape index (κ3) is 4.43. The van der Waals surface area contributed by atoms with Crippen LogP contribution in [0.1, 0.15) is 49.9 Å². The van der Waals surface area contributed by atoms with Crippen LogP contribution in [-0.4, -0.2) is 58.1 Å². The number of piperidine rings is 1. The highest BCUT2D eigenvalue weighted by atomic mass is 19.1. The van der Waals surface area contributed by atoms with E-state index >= 15 is 0 Å². The van der Waals surface area contributed by atoms with E-state index in [1.165, 1.54) is 6.39 Å². The molecule has 0 atom stereocenters. The zero-order valence-electron chi connectivity index (χ0n) is 16.6. The van der Waals surface area contributed by atoms with Gasteiger partial charge < -0.3 is 14.2 Å². The molecule has 0 unspecified atom stereocenters. The van der Waals surface area contributed by atoms with Crippen molar-refractivity contribution in [3.63, 3.8) is 0 Å². The molecule has 1 aromatic heterocycles. The molecule has 0 bridgehead atoms. The average Bonchev–Trinajstić information content (AvgIpc) is 3.34. The molecule has 2 aromatic rings. The van der Waals surface area contributed by atoms with Gasteiger partial charge in [0.05, 0.1) is 6.20 Å². The lowest BCUT2D eigenvalue weighted by Crippen LogP contribution is -2.50. The third-order valence-electron chi connectivity index (χ3n) is 5.57. The Morgan fingerprint density at radius 2 is 1.82 bits per heavy atom. The van der Waals surface area contributed by atoms with Crippen molar-refractivity contribution in [2.24, 2.45) is 0 Å². The largest absolute Gasteiger partial charge is 0.444 e. The highest BCUT2D eigenvalue weighted by Gasteiger charge is 2.39. The van der Waals surface area contributed by atoms with Gasteiger partial charge in [0, 0.05) is 42.8 Å². The van der Waals surface area contributed by atoms with Gasteiger partial charge in [0.15, 0.2) is 12.2 Å². The van der Waals surface area contributed by atoms with Crippen LogP contribution in [0.3, 0.4) is 0 Å². The summed E-state index contributed by atoms with van der Waals surface area (Å²) >= 11 is 0. The number of carbonyl (C=O) groups excluding carboxylic acids is 1. The molecule has 1 saturated carbocycles. The Hall–Kier alpha value is -2.21. The fraction of sp³-hybridized carbons (Fsp3) is 0.545. The van der Waals surface area contributed by atoms with Crippen LogP contribution < -0.4 is 0 Å². The summed E-state index contributed by atoms with van der Waals surface area (Å²) in [7, 11) is 0. The Labute approximate surface area is 165 Å². The molecule has 1 aromatic carbocycles. The van der Waals surface area contributed by atoms with E-state index in [1.807, 2.05) is 24.3 Å². The Bertz CT molecular complexity index is 786. The maximum absolute atomic E-state index is 13.9. The molecule has 0 radical (unpaired) electrons. The number of carbonyl (C=O) groups is 1. The molecule has 1 saturated heterocycles. The lowest BCUT2D eigenvalue weighted by molar-refractivity contribution is 0.0468. The molecule has 0 spiro atoms. The van der Waals surface area contributed by atoms with Crippen molar-refractivity contribution in [2.45, 2.75) is 57.3 Å². The summed E-state index contributed by atoms with van der Waals surface area (Å²) in [6.07, 6.45) is 7.06. The molecule has 5 nitrogen and oxygen atoms in total. The number of rotatable bonds is 6. The van der Waals surface area contributed by atoms with Crippen LogP contribution in [0.25, 0.3) is 11.3 Å². The highest BCUT2D eigenvalue weighted by molar-refractivity contribution is 5.95. The van der Waals surface area contributed by atoms with Gasteiger partial charge in [-0.2, -0.15) is 0 Å². The van der Waals surface area contributed by atoms with E-state index in [1.54, 1.807) is 20.0 Å². The van der Waals surface area contributed by atoms with Crippen LogP contribution in [0.4, 0.5) is 4.39 Å². The van der Waals surface area contributed by atoms with E-state index in [9.17, 15) is 9.18 Å². The van der Waals surface area contributed by atoms with Gasteiger partial charge in [0.25, 0.3) is 5.91 Å². The van der Waals surface area contributed by atoms with Crippen molar-refractivity contribution in [2.75, 3.05) is 19.6 Å². The van der Waals surface area contributed by atoms with Crippen LogP contribution in [0.15, 0.2) is 41.3 Å². The molecule has 1 aliphatic heterocycles. The number of likely N-dealkylation sites (tertiary alicyclic amines) is 1. The van der Waals surface area contributed by atoms with Crippen LogP contribution in [0, 0.1) is 0 Å². The highest BCUT2D eigenvalue weighted by Crippen LogP contribution is 2.34. The quantitative estimate of drug-likeness (QED) is 0.749. The second-order valence-electron chi connectivity index (χ2n) is 8.61. The van der Waals surface area contributed by atoms with E-state index in [0.717, 1.165) is 44.3 Å². The molecular formula is C22H28FN3O2. The fourth-order valence-corrected chi connectivity index (χ4v) is 4.15.